The van der Waals surface area contributed by atoms with E-state index in [1.807, 2.05) is 11.8 Å². The van der Waals surface area contributed by atoms with Crippen LogP contribution in [-0.4, -0.2) is 55.1 Å². The number of furan rings is 1. The van der Waals surface area contributed by atoms with Crippen molar-refractivity contribution in [2.75, 3.05) is 33.0 Å². The molecule has 1 saturated heterocycles. The van der Waals surface area contributed by atoms with Gasteiger partial charge in [-0.1, -0.05) is 13.8 Å². The molecule has 0 spiro atoms. The van der Waals surface area contributed by atoms with E-state index in [4.69, 9.17) is 9.15 Å². The van der Waals surface area contributed by atoms with Crippen molar-refractivity contribution in [1.29, 1.82) is 0 Å². The van der Waals surface area contributed by atoms with Crippen LogP contribution in [0.3, 0.4) is 0 Å². The number of ether oxygens (including phenoxy) is 1. The molecule has 1 aliphatic heterocycles. The van der Waals surface area contributed by atoms with E-state index in [0.717, 1.165) is 24.8 Å². The van der Waals surface area contributed by atoms with Gasteiger partial charge in [-0.3, -0.25) is 4.99 Å². The van der Waals surface area contributed by atoms with Crippen LogP contribution in [-0.2, 0) is 11.3 Å². The summed E-state index contributed by atoms with van der Waals surface area (Å²) >= 11 is 2.03. The predicted molar refractivity (Wildman–Crippen MR) is 97.6 cm³/mol. The first kappa shape index (κ1) is 18.7. The minimum Gasteiger partial charge on any atom is -0.465 e. The lowest BCUT2D eigenvalue weighted by Crippen LogP contribution is -2.48. The van der Waals surface area contributed by atoms with E-state index in [2.05, 4.69) is 29.1 Å². The summed E-state index contributed by atoms with van der Waals surface area (Å²) in [5.74, 6) is 3.51. The average Bonchev–Trinajstić information content (AvgIpc) is 2.95. The van der Waals surface area contributed by atoms with E-state index in [0.29, 0.717) is 34.8 Å². The van der Waals surface area contributed by atoms with Crippen molar-refractivity contribution in [2.45, 2.75) is 32.6 Å². The number of methoxy groups -OCH3 is 1. The zero-order valence-corrected chi connectivity index (χ0v) is 15.9. The van der Waals surface area contributed by atoms with Crippen molar-refractivity contribution in [3.05, 3.63) is 23.2 Å². The van der Waals surface area contributed by atoms with Crippen molar-refractivity contribution < 1.29 is 13.9 Å². The molecule has 6 nitrogen and oxygen atoms in total. The number of guanidine groups is 1. The third-order valence-corrected chi connectivity index (χ3v) is 5.68. The number of aliphatic imine (C=N–C) groups is 1. The molecule has 0 saturated carbocycles. The monoisotopic (exact) mass is 353 g/mol. The molecule has 1 aromatic heterocycles. The van der Waals surface area contributed by atoms with Gasteiger partial charge in [-0.05, 0) is 18.9 Å². The fraction of sp³-hybridized carbons (Fsp3) is 0.647. The lowest BCUT2D eigenvalue weighted by atomic mass is 10.1. The second-order valence-electron chi connectivity index (χ2n) is 6.17. The number of hydrogen-bond donors (Lipinski definition) is 1. The van der Waals surface area contributed by atoms with Crippen molar-refractivity contribution in [3.63, 3.8) is 0 Å². The number of hydrogen-bond acceptors (Lipinski definition) is 5. The minimum atomic E-state index is -0.375. The Morgan fingerprint density at radius 1 is 1.58 bits per heavy atom. The summed E-state index contributed by atoms with van der Waals surface area (Å²) in [5.41, 5.74) is 0.471. The molecule has 0 bridgehead atoms. The molecule has 1 aromatic rings. The van der Waals surface area contributed by atoms with Gasteiger partial charge in [-0.15, -0.1) is 0 Å². The van der Waals surface area contributed by atoms with Crippen LogP contribution in [0.15, 0.2) is 15.5 Å². The van der Waals surface area contributed by atoms with Crippen LogP contribution in [0.5, 0.6) is 0 Å². The zero-order valence-electron chi connectivity index (χ0n) is 15.1. The first-order valence-electron chi connectivity index (χ1n) is 8.21. The Bertz CT molecular complexity index is 598. The fourth-order valence-electron chi connectivity index (χ4n) is 2.71. The number of esters is 1. The van der Waals surface area contributed by atoms with Crippen LogP contribution in [0.25, 0.3) is 0 Å². The van der Waals surface area contributed by atoms with Gasteiger partial charge in [-0.25, -0.2) is 4.79 Å². The molecule has 0 aromatic carbocycles. The summed E-state index contributed by atoms with van der Waals surface area (Å²) in [4.78, 5) is 18.3. The van der Waals surface area contributed by atoms with Crippen LogP contribution < -0.4 is 5.32 Å². The summed E-state index contributed by atoms with van der Waals surface area (Å²) in [6.07, 6.45) is 0. The van der Waals surface area contributed by atoms with Crippen LogP contribution in [0, 0.1) is 12.8 Å². The molecule has 0 radical (unpaired) electrons. The van der Waals surface area contributed by atoms with E-state index in [-0.39, 0.29) is 5.97 Å². The first-order valence-corrected chi connectivity index (χ1v) is 9.26. The summed E-state index contributed by atoms with van der Waals surface area (Å²) < 4.78 is 10.4. The van der Waals surface area contributed by atoms with Crippen molar-refractivity contribution in [1.82, 2.24) is 10.2 Å². The number of thioether (sulfide) groups is 1. The standard InChI is InChI=1S/C17H27N3O3S/c1-11(2)15-10-20(6-7-24-15)17(18-4)19-9-13-8-14(12(3)23-13)16(21)22-5/h8,11,15H,6-7,9-10H2,1-5H3,(H,18,19). The maximum absolute atomic E-state index is 11.7. The fourth-order valence-corrected chi connectivity index (χ4v) is 4.01. The third-order valence-electron chi connectivity index (χ3n) is 4.14. The quantitative estimate of drug-likeness (QED) is 0.510. The van der Waals surface area contributed by atoms with Crippen molar-refractivity contribution >= 4 is 23.7 Å². The maximum Gasteiger partial charge on any atom is 0.341 e. The molecule has 2 rings (SSSR count). The van der Waals surface area contributed by atoms with Crippen LogP contribution in [0.1, 0.15) is 35.7 Å². The van der Waals surface area contributed by atoms with Crippen LogP contribution >= 0.6 is 11.8 Å². The Labute approximate surface area is 148 Å². The first-order chi connectivity index (χ1) is 11.5. The van der Waals surface area contributed by atoms with Gasteiger partial charge < -0.3 is 19.4 Å². The van der Waals surface area contributed by atoms with Gasteiger partial charge >= 0.3 is 5.97 Å². The molecule has 7 heteroatoms. The van der Waals surface area contributed by atoms with Gasteiger partial charge in [0.05, 0.1) is 13.7 Å². The van der Waals surface area contributed by atoms with Crippen molar-refractivity contribution in [2.24, 2.45) is 10.9 Å². The highest BCUT2D eigenvalue weighted by molar-refractivity contribution is 8.00. The molecule has 1 aliphatic rings. The normalized spacial score (nSPS) is 18.8. The molecular weight excluding hydrogens is 326 g/mol. The number of nitrogens with zero attached hydrogens (tertiary/aromatic N) is 2. The highest BCUT2D eigenvalue weighted by atomic mass is 32.2. The molecule has 1 N–H and O–H groups in total. The highest BCUT2D eigenvalue weighted by Crippen LogP contribution is 2.25. The Morgan fingerprint density at radius 3 is 2.96 bits per heavy atom. The van der Waals surface area contributed by atoms with Gasteiger partial charge in [0.15, 0.2) is 5.96 Å². The van der Waals surface area contributed by atoms with Gasteiger partial charge in [-0.2, -0.15) is 11.8 Å². The van der Waals surface area contributed by atoms with Crippen LogP contribution in [0.4, 0.5) is 0 Å². The van der Waals surface area contributed by atoms with Gasteiger partial charge in [0.2, 0.25) is 0 Å². The molecule has 0 aliphatic carbocycles. The molecule has 0 amide bonds. The molecule has 2 heterocycles. The lowest BCUT2D eigenvalue weighted by molar-refractivity contribution is 0.0599. The minimum absolute atomic E-state index is 0.375. The largest absolute Gasteiger partial charge is 0.465 e. The maximum atomic E-state index is 11.7. The molecule has 1 unspecified atom stereocenters. The number of rotatable bonds is 4. The summed E-state index contributed by atoms with van der Waals surface area (Å²) in [7, 11) is 3.16. The van der Waals surface area contributed by atoms with Crippen LogP contribution in [0.2, 0.25) is 0 Å². The highest BCUT2D eigenvalue weighted by Gasteiger charge is 2.25. The van der Waals surface area contributed by atoms with Gasteiger partial charge in [0.1, 0.15) is 17.1 Å². The van der Waals surface area contributed by atoms with Crippen molar-refractivity contribution in [3.8, 4) is 0 Å². The molecule has 24 heavy (non-hydrogen) atoms. The Hall–Kier alpha value is -1.63. The number of carbonyl (C=O) groups excluding carboxylic acids is 1. The summed E-state index contributed by atoms with van der Waals surface area (Å²) in [6.45, 7) is 8.75. The Morgan fingerprint density at radius 2 is 2.33 bits per heavy atom. The number of aryl methyl sites for hydroxylation is 1. The van der Waals surface area contributed by atoms with E-state index in [1.165, 1.54) is 7.11 Å². The Balaban J connectivity index is 1.98. The topological polar surface area (TPSA) is 67.1 Å². The molecule has 134 valence electrons. The summed E-state index contributed by atoms with van der Waals surface area (Å²) in [5, 5.41) is 3.95. The lowest BCUT2D eigenvalue weighted by Gasteiger charge is -2.36. The second-order valence-corrected chi connectivity index (χ2v) is 7.52. The van der Waals surface area contributed by atoms with E-state index in [1.54, 1.807) is 20.0 Å². The van der Waals surface area contributed by atoms with Gasteiger partial charge in [0.25, 0.3) is 0 Å². The number of carbonyl (C=O) groups is 1. The predicted octanol–water partition coefficient (Wildman–Crippen LogP) is 2.52. The second kappa shape index (κ2) is 8.46. The SMILES string of the molecule is CN=C(NCc1cc(C(=O)OC)c(C)o1)N1CCSC(C(C)C)C1. The molecule has 1 atom stereocenters. The Kier molecular flexibility index (Phi) is 6.60. The van der Waals surface area contributed by atoms with E-state index >= 15 is 0 Å². The number of nitrogens with one attached hydrogen (secondary N) is 1. The third kappa shape index (κ3) is 4.47. The smallest absolute Gasteiger partial charge is 0.341 e. The van der Waals surface area contributed by atoms with Gasteiger partial charge in [0, 0.05) is 31.1 Å². The molecular formula is C17H27N3O3S. The van der Waals surface area contributed by atoms with E-state index in [9.17, 15) is 4.79 Å². The average molecular weight is 353 g/mol. The molecule has 1 fully saturated rings. The van der Waals surface area contributed by atoms with E-state index < -0.39 is 0 Å². The summed E-state index contributed by atoms with van der Waals surface area (Å²) in [6, 6.07) is 1.73. The zero-order chi connectivity index (χ0) is 17.7.